The van der Waals surface area contributed by atoms with Gasteiger partial charge in [0.15, 0.2) is 0 Å². The average molecular weight is 198 g/mol. The molecule has 0 aliphatic carbocycles. The number of carbonyl (C=O) groups excluding carboxylic acids is 1. The molecule has 0 amide bonds. The molecule has 3 nitrogen and oxygen atoms in total. The predicted octanol–water partition coefficient (Wildman–Crippen LogP) is 2.06. The molecular formula is C11H18O3. The van der Waals surface area contributed by atoms with Crippen LogP contribution < -0.4 is 0 Å². The van der Waals surface area contributed by atoms with E-state index in [1.165, 1.54) is 0 Å². The van der Waals surface area contributed by atoms with Gasteiger partial charge in [-0.15, -0.1) is 0 Å². The van der Waals surface area contributed by atoms with E-state index in [1.54, 1.807) is 6.92 Å². The second-order valence-electron chi connectivity index (χ2n) is 3.82. The maximum Gasteiger partial charge on any atom is 0.333 e. The smallest absolute Gasteiger partial charge is 0.333 e. The predicted molar refractivity (Wildman–Crippen MR) is 53.9 cm³/mol. The molecule has 1 aliphatic heterocycles. The molecule has 0 N–H and O–H groups in total. The second kappa shape index (κ2) is 4.60. The van der Waals surface area contributed by atoms with Gasteiger partial charge < -0.3 is 9.47 Å². The van der Waals surface area contributed by atoms with Crippen LogP contribution in [0.1, 0.15) is 33.6 Å². The molecule has 1 saturated heterocycles. The zero-order valence-electron chi connectivity index (χ0n) is 9.08. The zero-order valence-corrected chi connectivity index (χ0v) is 9.08. The Labute approximate surface area is 85.1 Å². The SMILES string of the molecule is C=C(C)C(=O)OC(CCC)C1OC1C. The van der Waals surface area contributed by atoms with Crippen molar-refractivity contribution >= 4 is 5.97 Å². The van der Waals surface area contributed by atoms with Crippen molar-refractivity contribution in [2.24, 2.45) is 0 Å². The highest BCUT2D eigenvalue weighted by Crippen LogP contribution is 2.29. The van der Waals surface area contributed by atoms with Gasteiger partial charge in [0, 0.05) is 5.57 Å². The monoisotopic (exact) mass is 198 g/mol. The van der Waals surface area contributed by atoms with Crippen LogP contribution in [0.5, 0.6) is 0 Å². The maximum atomic E-state index is 11.3. The van der Waals surface area contributed by atoms with Gasteiger partial charge in [0.25, 0.3) is 0 Å². The lowest BCUT2D eigenvalue weighted by Crippen LogP contribution is -2.24. The average Bonchev–Trinajstić information content (AvgIpc) is 2.81. The summed E-state index contributed by atoms with van der Waals surface area (Å²) in [6.07, 6.45) is 2.07. The minimum Gasteiger partial charge on any atom is -0.456 e. The number of rotatable bonds is 5. The molecule has 3 atom stereocenters. The number of epoxide rings is 1. The van der Waals surface area contributed by atoms with E-state index in [1.807, 2.05) is 6.92 Å². The van der Waals surface area contributed by atoms with Crippen LogP contribution in [-0.2, 0) is 14.3 Å². The standard InChI is InChI=1S/C11H18O3/c1-5-6-9(10-8(4)13-10)14-11(12)7(2)3/h8-10H,2,5-6H2,1,3-4H3. The minimum atomic E-state index is -0.314. The first kappa shape index (κ1) is 11.2. The van der Waals surface area contributed by atoms with Crippen molar-refractivity contribution in [3.8, 4) is 0 Å². The molecule has 3 unspecified atom stereocenters. The number of hydrogen-bond acceptors (Lipinski definition) is 3. The van der Waals surface area contributed by atoms with E-state index in [0.29, 0.717) is 5.57 Å². The van der Waals surface area contributed by atoms with Crippen molar-refractivity contribution in [1.82, 2.24) is 0 Å². The molecule has 0 bridgehead atoms. The molecule has 0 radical (unpaired) electrons. The van der Waals surface area contributed by atoms with Crippen LogP contribution in [-0.4, -0.2) is 24.3 Å². The van der Waals surface area contributed by atoms with Crippen molar-refractivity contribution < 1.29 is 14.3 Å². The fourth-order valence-corrected chi connectivity index (χ4v) is 1.41. The molecule has 1 aliphatic rings. The second-order valence-corrected chi connectivity index (χ2v) is 3.82. The van der Waals surface area contributed by atoms with Crippen molar-refractivity contribution in [2.75, 3.05) is 0 Å². The topological polar surface area (TPSA) is 38.8 Å². The van der Waals surface area contributed by atoms with Crippen molar-refractivity contribution in [3.05, 3.63) is 12.2 Å². The first-order valence-electron chi connectivity index (χ1n) is 5.08. The Bertz CT molecular complexity index is 235. The first-order chi connectivity index (χ1) is 6.56. The van der Waals surface area contributed by atoms with E-state index in [9.17, 15) is 4.79 Å². The summed E-state index contributed by atoms with van der Waals surface area (Å²) >= 11 is 0. The molecule has 0 saturated carbocycles. The van der Waals surface area contributed by atoms with E-state index < -0.39 is 0 Å². The summed E-state index contributed by atoms with van der Waals surface area (Å²) in [5, 5.41) is 0. The molecule has 1 heterocycles. The fourth-order valence-electron chi connectivity index (χ4n) is 1.41. The van der Waals surface area contributed by atoms with Crippen LogP contribution in [0, 0.1) is 0 Å². The van der Waals surface area contributed by atoms with Crippen LogP contribution in [0.15, 0.2) is 12.2 Å². The summed E-state index contributed by atoms with van der Waals surface area (Å²) in [4.78, 5) is 11.3. The maximum absolute atomic E-state index is 11.3. The summed E-state index contributed by atoms with van der Waals surface area (Å²) in [7, 11) is 0. The van der Waals surface area contributed by atoms with Crippen molar-refractivity contribution in [1.29, 1.82) is 0 Å². The Morgan fingerprint density at radius 1 is 1.64 bits per heavy atom. The Balaban J connectivity index is 2.43. The number of carbonyl (C=O) groups is 1. The molecule has 14 heavy (non-hydrogen) atoms. The zero-order chi connectivity index (χ0) is 10.7. The highest BCUT2D eigenvalue weighted by molar-refractivity contribution is 5.87. The molecule has 0 spiro atoms. The van der Waals surface area contributed by atoms with Crippen LogP contribution in [0.4, 0.5) is 0 Å². The lowest BCUT2D eigenvalue weighted by Gasteiger charge is -2.14. The van der Waals surface area contributed by atoms with Gasteiger partial charge >= 0.3 is 5.97 Å². The molecular weight excluding hydrogens is 180 g/mol. The third-order valence-electron chi connectivity index (χ3n) is 2.30. The van der Waals surface area contributed by atoms with Gasteiger partial charge in [-0.3, -0.25) is 0 Å². The lowest BCUT2D eigenvalue weighted by molar-refractivity contribution is -0.145. The van der Waals surface area contributed by atoms with E-state index in [-0.39, 0.29) is 24.3 Å². The van der Waals surface area contributed by atoms with E-state index in [4.69, 9.17) is 9.47 Å². The Morgan fingerprint density at radius 3 is 2.57 bits per heavy atom. The van der Waals surface area contributed by atoms with Crippen LogP contribution >= 0.6 is 0 Å². The summed E-state index contributed by atoms with van der Waals surface area (Å²) in [5.74, 6) is -0.314. The molecule has 0 aromatic rings. The number of esters is 1. The highest BCUT2D eigenvalue weighted by Gasteiger charge is 2.43. The quantitative estimate of drug-likeness (QED) is 0.385. The van der Waals surface area contributed by atoms with Gasteiger partial charge in [-0.05, 0) is 20.3 Å². The van der Waals surface area contributed by atoms with E-state index in [0.717, 1.165) is 12.8 Å². The van der Waals surface area contributed by atoms with Crippen molar-refractivity contribution in [3.63, 3.8) is 0 Å². The third kappa shape index (κ3) is 2.84. The van der Waals surface area contributed by atoms with Gasteiger partial charge in [0.05, 0.1) is 6.10 Å². The summed E-state index contributed by atoms with van der Waals surface area (Å²) in [6, 6.07) is 0. The number of ether oxygens (including phenoxy) is 2. The molecule has 80 valence electrons. The van der Waals surface area contributed by atoms with Gasteiger partial charge in [-0.1, -0.05) is 19.9 Å². The Kier molecular flexibility index (Phi) is 3.69. The summed E-state index contributed by atoms with van der Waals surface area (Å²) < 4.78 is 10.6. The van der Waals surface area contributed by atoms with Crippen molar-refractivity contribution in [2.45, 2.75) is 51.9 Å². The molecule has 3 heteroatoms. The van der Waals surface area contributed by atoms with Gasteiger partial charge in [-0.2, -0.15) is 0 Å². The molecule has 1 fully saturated rings. The van der Waals surface area contributed by atoms with E-state index >= 15 is 0 Å². The van der Waals surface area contributed by atoms with Crippen LogP contribution in [0.3, 0.4) is 0 Å². The van der Waals surface area contributed by atoms with Crippen LogP contribution in [0.2, 0.25) is 0 Å². The third-order valence-corrected chi connectivity index (χ3v) is 2.30. The molecule has 1 rings (SSSR count). The van der Waals surface area contributed by atoms with Gasteiger partial charge in [-0.25, -0.2) is 4.79 Å². The lowest BCUT2D eigenvalue weighted by atomic mass is 10.1. The van der Waals surface area contributed by atoms with E-state index in [2.05, 4.69) is 13.5 Å². The van der Waals surface area contributed by atoms with Gasteiger partial charge in [0.2, 0.25) is 0 Å². The first-order valence-corrected chi connectivity index (χ1v) is 5.08. The Hall–Kier alpha value is -0.830. The molecule has 0 aromatic heterocycles. The summed E-state index contributed by atoms with van der Waals surface area (Å²) in [5.41, 5.74) is 0.444. The normalized spacial score (nSPS) is 26.8. The summed E-state index contributed by atoms with van der Waals surface area (Å²) in [6.45, 7) is 9.26. The largest absolute Gasteiger partial charge is 0.456 e. The minimum absolute atomic E-state index is 0.0956. The molecule has 0 aromatic carbocycles. The van der Waals surface area contributed by atoms with Crippen LogP contribution in [0.25, 0.3) is 0 Å². The van der Waals surface area contributed by atoms with Gasteiger partial charge in [0.1, 0.15) is 12.2 Å². The fraction of sp³-hybridized carbons (Fsp3) is 0.727. The highest BCUT2D eigenvalue weighted by atomic mass is 16.6. The Morgan fingerprint density at radius 2 is 2.21 bits per heavy atom. The number of hydrogen-bond donors (Lipinski definition) is 0.